The summed E-state index contributed by atoms with van der Waals surface area (Å²) in [7, 11) is 1.58. The molecule has 14 heavy (non-hydrogen) atoms. The molecule has 0 aromatic heterocycles. The first-order valence-electron chi connectivity index (χ1n) is 3.83. The Hall–Kier alpha value is -1.60. The number of amidine groups is 1. The van der Waals surface area contributed by atoms with Crippen molar-refractivity contribution >= 4 is 11.5 Å². The lowest BCUT2D eigenvalue weighted by molar-refractivity contribution is 0.149. The molecule has 0 bridgehead atoms. The Morgan fingerprint density at radius 1 is 1.64 bits per heavy atom. The van der Waals surface area contributed by atoms with Crippen molar-refractivity contribution in [2.24, 2.45) is 16.8 Å². The molecule has 0 amide bonds. The van der Waals surface area contributed by atoms with E-state index >= 15 is 0 Å². The highest BCUT2D eigenvalue weighted by Gasteiger charge is 2.08. The van der Waals surface area contributed by atoms with Crippen molar-refractivity contribution < 1.29 is 9.68 Å². The summed E-state index contributed by atoms with van der Waals surface area (Å²) in [6.45, 7) is 4.65. The third-order valence-corrected chi connectivity index (χ3v) is 1.33. The fraction of sp³-hybridized carbons (Fsp3) is 0.429. The maximum absolute atomic E-state index is 7.15. The number of nitrogens with one attached hydrogen (secondary N) is 2. The van der Waals surface area contributed by atoms with Gasteiger partial charge in [-0.05, 0) is 0 Å². The van der Waals surface area contributed by atoms with E-state index in [0.29, 0.717) is 18.8 Å². The first-order chi connectivity index (χ1) is 6.63. The molecule has 0 saturated carbocycles. The lowest BCUT2D eigenvalue weighted by Crippen LogP contribution is -2.32. The van der Waals surface area contributed by atoms with Gasteiger partial charge in [0.15, 0.2) is 5.71 Å². The molecule has 0 aliphatic rings. The summed E-state index contributed by atoms with van der Waals surface area (Å²) in [5, 5.41) is 13.3. The largest absolute Gasteiger partial charge is 0.383 e. The molecule has 0 aliphatic heterocycles. The monoisotopic (exact) mass is 201 g/mol. The van der Waals surface area contributed by atoms with Gasteiger partial charge < -0.3 is 20.7 Å². The van der Waals surface area contributed by atoms with Crippen molar-refractivity contribution in [2.75, 3.05) is 20.3 Å². The molecule has 0 rings (SSSR count). The van der Waals surface area contributed by atoms with Crippen LogP contribution in [0.1, 0.15) is 0 Å². The van der Waals surface area contributed by atoms with Gasteiger partial charge in [-0.3, -0.25) is 5.41 Å². The van der Waals surface area contributed by atoms with E-state index in [0.717, 1.165) is 0 Å². The zero-order valence-electron chi connectivity index (χ0n) is 8.04. The Kier molecular flexibility index (Phi) is 6.08. The van der Waals surface area contributed by atoms with E-state index in [4.69, 9.17) is 21.8 Å². The number of nitrogens with zero attached hydrogens (tertiary/aromatic N) is 1. The minimum absolute atomic E-state index is 0.0728. The molecule has 0 radical (unpaired) electrons. The Balaban J connectivity index is 4.17. The van der Waals surface area contributed by atoms with Crippen LogP contribution in [0.15, 0.2) is 17.4 Å². The van der Waals surface area contributed by atoms with Crippen molar-refractivity contribution in [3.05, 3.63) is 12.3 Å². The van der Waals surface area contributed by atoms with E-state index in [2.05, 4.69) is 22.0 Å². The summed E-state index contributed by atoms with van der Waals surface area (Å²) in [5.41, 5.74) is 5.65. The average molecular weight is 201 g/mol. The molecule has 0 saturated heterocycles. The summed E-state index contributed by atoms with van der Waals surface area (Å²) >= 11 is 0. The van der Waals surface area contributed by atoms with Crippen LogP contribution in [0.25, 0.3) is 0 Å². The lowest BCUT2D eigenvalue weighted by Gasteiger charge is -2.09. The van der Waals surface area contributed by atoms with Crippen molar-refractivity contribution in [3.63, 3.8) is 0 Å². The molecule has 0 unspecified atom stereocenters. The van der Waals surface area contributed by atoms with Crippen LogP contribution in [0.3, 0.4) is 0 Å². The van der Waals surface area contributed by atoms with E-state index < -0.39 is 0 Å². The zero-order valence-corrected chi connectivity index (χ0v) is 8.04. The molecular weight excluding hydrogens is 186 g/mol. The molecular formula is C7H15N5O2. The molecule has 0 heterocycles. The van der Waals surface area contributed by atoms with Crippen LogP contribution in [0.5, 0.6) is 0 Å². The van der Waals surface area contributed by atoms with Gasteiger partial charge in [0.2, 0.25) is 0 Å². The molecule has 7 heteroatoms. The summed E-state index contributed by atoms with van der Waals surface area (Å²) in [4.78, 5) is 4.03. The molecule has 80 valence electrons. The standard InChI is InChI=1S/C7H15N5O2/c1-5(11-3-4-13-2)6(7(8)9)12-14-10/h11H,1,3-4,10H2,2H3,(H3,8,9)/b12-6+. The number of oxime groups is 1. The average Bonchev–Trinajstić information content (AvgIpc) is 2.13. The number of rotatable bonds is 7. The molecule has 0 fully saturated rings. The van der Waals surface area contributed by atoms with Crippen LogP contribution in [-0.4, -0.2) is 31.8 Å². The molecule has 0 aliphatic carbocycles. The van der Waals surface area contributed by atoms with Gasteiger partial charge in [-0.2, -0.15) is 0 Å². The number of ether oxygens (including phenoxy) is 1. The first kappa shape index (κ1) is 12.4. The van der Waals surface area contributed by atoms with Gasteiger partial charge in [0.25, 0.3) is 0 Å². The van der Waals surface area contributed by atoms with Crippen molar-refractivity contribution in [1.82, 2.24) is 5.32 Å². The third kappa shape index (κ3) is 4.43. The van der Waals surface area contributed by atoms with Crippen LogP contribution in [0.4, 0.5) is 0 Å². The fourth-order valence-electron chi connectivity index (χ4n) is 0.707. The van der Waals surface area contributed by atoms with Crippen LogP contribution in [0.2, 0.25) is 0 Å². The van der Waals surface area contributed by atoms with Gasteiger partial charge in [0.1, 0.15) is 5.84 Å². The number of hydrogen-bond acceptors (Lipinski definition) is 6. The third-order valence-electron chi connectivity index (χ3n) is 1.33. The second kappa shape index (κ2) is 6.87. The fourth-order valence-corrected chi connectivity index (χ4v) is 0.707. The number of hydrogen-bond donors (Lipinski definition) is 4. The maximum atomic E-state index is 7.15. The molecule has 0 aromatic carbocycles. The van der Waals surface area contributed by atoms with Gasteiger partial charge >= 0.3 is 0 Å². The smallest absolute Gasteiger partial charge is 0.169 e. The van der Waals surface area contributed by atoms with E-state index in [1.165, 1.54) is 0 Å². The molecule has 0 aromatic rings. The second-order valence-electron chi connectivity index (χ2n) is 2.36. The minimum atomic E-state index is -0.273. The molecule has 6 N–H and O–H groups in total. The molecule has 7 nitrogen and oxygen atoms in total. The highest BCUT2D eigenvalue weighted by Crippen LogP contribution is 1.90. The van der Waals surface area contributed by atoms with Crippen LogP contribution >= 0.6 is 0 Å². The van der Waals surface area contributed by atoms with Gasteiger partial charge in [-0.15, -0.1) is 5.90 Å². The predicted molar refractivity (Wildman–Crippen MR) is 53.6 cm³/mol. The van der Waals surface area contributed by atoms with E-state index in [1.54, 1.807) is 7.11 Å². The Morgan fingerprint density at radius 3 is 2.71 bits per heavy atom. The van der Waals surface area contributed by atoms with Gasteiger partial charge in [-0.1, -0.05) is 11.7 Å². The Bertz CT molecular complexity index is 238. The lowest BCUT2D eigenvalue weighted by atomic mass is 10.3. The Morgan fingerprint density at radius 2 is 2.29 bits per heavy atom. The van der Waals surface area contributed by atoms with Gasteiger partial charge in [0.05, 0.1) is 12.3 Å². The van der Waals surface area contributed by atoms with Crippen molar-refractivity contribution in [2.45, 2.75) is 0 Å². The van der Waals surface area contributed by atoms with Crippen molar-refractivity contribution in [1.29, 1.82) is 5.41 Å². The maximum Gasteiger partial charge on any atom is 0.169 e. The second-order valence-corrected chi connectivity index (χ2v) is 2.36. The summed E-state index contributed by atoms with van der Waals surface area (Å²) in [5.74, 6) is 4.45. The quantitative estimate of drug-likeness (QED) is 0.181. The highest BCUT2D eigenvalue weighted by atomic mass is 16.7. The van der Waals surface area contributed by atoms with Crippen molar-refractivity contribution in [3.8, 4) is 0 Å². The van der Waals surface area contributed by atoms with Crippen LogP contribution in [-0.2, 0) is 9.68 Å². The number of nitrogens with two attached hydrogens (primary N) is 2. The summed E-state index contributed by atoms with van der Waals surface area (Å²) in [6, 6.07) is 0. The molecule has 0 atom stereocenters. The SMILES string of the molecule is C=C(NCCOC)/C(=N\ON)C(=N)N. The van der Waals surface area contributed by atoms with Crippen LogP contribution in [0, 0.1) is 5.41 Å². The highest BCUT2D eigenvalue weighted by molar-refractivity contribution is 6.45. The van der Waals surface area contributed by atoms with Crippen LogP contribution < -0.4 is 16.9 Å². The topological polar surface area (TPSA) is 119 Å². The normalized spacial score (nSPS) is 10.9. The zero-order chi connectivity index (χ0) is 11.0. The number of methoxy groups -OCH3 is 1. The van der Waals surface area contributed by atoms with E-state index in [9.17, 15) is 0 Å². The Labute approximate surface area is 82.2 Å². The molecule has 0 spiro atoms. The minimum Gasteiger partial charge on any atom is -0.383 e. The summed E-state index contributed by atoms with van der Waals surface area (Å²) in [6.07, 6.45) is 0. The van der Waals surface area contributed by atoms with Gasteiger partial charge in [0, 0.05) is 13.7 Å². The predicted octanol–water partition coefficient (Wildman–Crippen LogP) is -1.08. The van der Waals surface area contributed by atoms with E-state index in [-0.39, 0.29) is 11.5 Å². The van der Waals surface area contributed by atoms with Gasteiger partial charge in [-0.25, -0.2) is 0 Å². The van der Waals surface area contributed by atoms with E-state index in [1.807, 2.05) is 0 Å². The first-order valence-corrected chi connectivity index (χ1v) is 3.83. The summed E-state index contributed by atoms with van der Waals surface area (Å²) < 4.78 is 4.81.